The minimum Gasteiger partial charge on any atom is -0.455 e. The Balaban J connectivity index is 1.02. The predicted molar refractivity (Wildman–Crippen MR) is 279 cm³/mol. The van der Waals surface area contributed by atoms with Crippen LogP contribution in [0.4, 0.5) is 0 Å². The monoisotopic (exact) mass is 869 g/mol. The molecule has 4 aromatic heterocycles. The Hall–Kier alpha value is -9.26. The van der Waals surface area contributed by atoms with E-state index in [9.17, 15) is 0 Å². The number of fused-ring (bicyclic) bond motifs is 10. The highest BCUT2D eigenvalue weighted by atomic mass is 16.3. The first-order valence-electron chi connectivity index (χ1n) is 23.0. The lowest BCUT2D eigenvalue weighted by atomic mass is 9.92. The summed E-state index contributed by atoms with van der Waals surface area (Å²) >= 11 is 0. The van der Waals surface area contributed by atoms with Gasteiger partial charge in [-0.1, -0.05) is 188 Å². The number of benzene rings is 10. The third kappa shape index (κ3) is 5.64. The van der Waals surface area contributed by atoms with Gasteiger partial charge in [-0.05, 0) is 59.7 Å². The van der Waals surface area contributed by atoms with Gasteiger partial charge in [-0.25, -0.2) is 0 Å². The Kier molecular flexibility index (Phi) is 8.48. The molecule has 0 saturated carbocycles. The zero-order valence-corrected chi connectivity index (χ0v) is 36.7. The maximum Gasteiger partial charge on any atom is 0.168 e. The molecule has 0 radical (unpaired) electrons. The average Bonchev–Trinajstić information content (AvgIpc) is 4.19. The number of hydrogen-bond acceptors (Lipinski definition) is 3. The first-order valence-corrected chi connectivity index (χ1v) is 23.0. The molecule has 0 saturated heterocycles. The fourth-order valence-corrected chi connectivity index (χ4v) is 10.7. The highest BCUT2D eigenvalue weighted by Gasteiger charge is 2.26. The van der Waals surface area contributed by atoms with Crippen LogP contribution in [0.15, 0.2) is 241 Å². The van der Waals surface area contributed by atoms with Gasteiger partial charge in [0.05, 0.1) is 44.5 Å². The van der Waals surface area contributed by atoms with Crippen LogP contribution in [0.5, 0.6) is 0 Å². The summed E-state index contributed by atoms with van der Waals surface area (Å²) in [5, 5.41) is 16.6. The summed E-state index contributed by atoms with van der Waals surface area (Å²) in [5.74, 6) is 1.55. The lowest BCUT2D eigenvalue weighted by Crippen LogP contribution is -2.05. The molecule has 0 aliphatic heterocycles. The Morgan fingerprint density at radius 2 is 0.779 bits per heavy atom. The molecule has 68 heavy (non-hydrogen) atoms. The van der Waals surface area contributed by atoms with Crippen molar-refractivity contribution in [2.75, 3.05) is 0 Å². The zero-order valence-electron chi connectivity index (χ0n) is 36.7. The minimum atomic E-state index is 0.773. The standard InChI is InChI=1S/C62H39N5O/c1-3-20-40(21-4-1)61-63-64-62(41-22-5-2-6-23-41)67(61)56-36-19-31-48-46-28-11-16-34-53(46)66(59(48)56)52-33-15-10-27-45(52)43-25-8-7-24-42(43)44-26-9-14-32-51(44)65-54-35-17-12-30-50(54)58-55(65)39-38-49-47-29-13-18-37-57(47)68-60(49)58/h1-39H. The number of aromatic nitrogens is 5. The van der Waals surface area contributed by atoms with E-state index in [0.717, 1.165) is 122 Å². The number of hydrogen-bond donors (Lipinski definition) is 0. The molecular formula is C62H39N5O. The normalized spacial score (nSPS) is 11.8. The first-order chi connectivity index (χ1) is 33.8. The van der Waals surface area contributed by atoms with Crippen molar-refractivity contribution in [3.05, 3.63) is 237 Å². The number of nitrogens with zero attached hydrogens (tertiary/aromatic N) is 5. The van der Waals surface area contributed by atoms with Crippen LogP contribution in [0.1, 0.15) is 0 Å². The molecule has 0 amide bonds. The van der Waals surface area contributed by atoms with Gasteiger partial charge in [0.1, 0.15) is 11.2 Å². The molecule has 0 atom stereocenters. The Bertz CT molecular complexity index is 4210. The molecule has 0 bridgehead atoms. The Morgan fingerprint density at radius 1 is 0.294 bits per heavy atom. The average molecular weight is 870 g/mol. The van der Waals surface area contributed by atoms with Crippen molar-refractivity contribution in [2.24, 2.45) is 0 Å². The van der Waals surface area contributed by atoms with E-state index < -0.39 is 0 Å². The van der Waals surface area contributed by atoms with Crippen LogP contribution in [0, 0.1) is 0 Å². The minimum absolute atomic E-state index is 0.773. The van der Waals surface area contributed by atoms with Crippen LogP contribution in [0.3, 0.4) is 0 Å². The van der Waals surface area contributed by atoms with Crippen molar-refractivity contribution in [1.82, 2.24) is 23.9 Å². The Morgan fingerprint density at radius 3 is 1.44 bits per heavy atom. The third-order valence-corrected chi connectivity index (χ3v) is 13.6. The lowest BCUT2D eigenvalue weighted by molar-refractivity contribution is 0.673. The second-order valence-electron chi connectivity index (χ2n) is 17.3. The van der Waals surface area contributed by atoms with Crippen LogP contribution in [0.25, 0.3) is 128 Å². The summed E-state index contributed by atoms with van der Waals surface area (Å²) in [6.45, 7) is 0. The van der Waals surface area contributed by atoms with Crippen LogP contribution >= 0.6 is 0 Å². The maximum atomic E-state index is 6.69. The van der Waals surface area contributed by atoms with E-state index >= 15 is 0 Å². The maximum absolute atomic E-state index is 6.69. The van der Waals surface area contributed by atoms with Gasteiger partial charge in [-0.3, -0.25) is 4.57 Å². The third-order valence-electron chi connectivity index (χ3n) is 13.6. The van der Waals surface area contributed by atoms with E-state index in [-0.39, 0.29) is 0 Å². The molecule has 0 spiro atoms. The second kappa shape index (κ2) is 15.2. The summed E-state index contributed by atoms with van der Waals surface area (Å²) in [6.07, 6.45) is 0. The Labute approximate surface area is 390 Å². The quantitative estimate of drug-likeness (QED) is 0.160. The lowest BCUT2D eigenvalue weighted by Gasteiger charge is -2.20. The van der Waals surface area contributed by atoms with E-state index in [1.807, 2.05) is 18.2 Å². The van der Waals surface area contributed by atoms with E-state index in [4.69, 9.17) is 14.6 Å². The fraction of sp³-hybridized carbons (Fsp3) is 0. The predicted octanol–water partition coefficient (Wildman–Crippen LogP) is 16.0. The molecule has 6 heteroatoms. The van der Waals surface area contributed by atoms with Gasteiger partial charge in [-0.15, -0.1) is 10.2 Å². The summed E-state index contributed by atoms with van der Waals surface area (Å²) in [7, 11) is 0. The van der Waals surface area contributed by atoms with Gasteiger partial charge in [0.15, 0.2) is 11.6 Å². The van der Waals surface area contributed by atoms with Gasteiger partial charge in [0.2, 0.25) is 0 Å². The molecule has 4 heterocycles. The highest BCUT2D eigenvalue weighted by Crippen LogP contribution is 2.46. The van der Waals surface area contributed by atoms with Gasteiger partial charge in [0, 0.05) is 49.2 Å². The highest BCUT2D eigenvalue weighted by molar-refractivity contribution is 6.24. The van der Waals surface area contributed by atoms with Gasteiger partial charge in [-0.2, -0.15) is 0 Å². The van der Waals surface area contributed by atoms with E-state index in [1.54, 1.807) is 0 Å². The molecule has 0 unspecified atom stereocenters. The van der Waals surface area contributed by atoms with Crippen molar-refractivity contribution >= 4 is 65.6 Å². The van der Waals surface area contributed by atoms with Gasteiger partial charge >= 0.3 is 0 Å². The molecule has 318 valence electrons. The molecule has 10 aromatic carbocycles. The zero-order chi connectivity index (χ0) is 44.7. The van der Waals surface area contributed by atoms with E-state index in [0.29, 0.717) is 0 Å². The molecule has 0 aliphatic carbocycles. The van der Waals surface area contributed by atoms with Crippen molar-refractivity contribution < 1.29 is 4.42 Å². The fourth-order valence-electron chi connectivity index (χ4n) is 10.7. The SMILES string of the molecule is c1ccc(-c2nnc(-c3ccccc3)n2-c2cccc3c4ccccc4n(-c4ccccc4-c4ccccc4-c4ccccc4-n4c5ccccc5c5c6oc7ccccc7c6ccc54)c23)cc1. The van der Waals surface area contributed by atoms with Gasteiger partial charge in [0.25, 0.3) is 0 Å². The topological polar surface area (TPSA) is 53.7 Å². The van der Waals surface area contributed by atoms with Crippen LogP contribution in [-0.2, 0) is 0 Å². The van der Waals surface area contributed by atoms with Crippen LogP contribution in [-0.4, -0.2) is 23.9 Å². The van der Waals surface area contributed by atoms with E-state index in [1.165, 1.54) is 5.39 Å². The van der Waals surface area contributed by atoms with Crippen LogP contribution in [0.2, 0.25) is 0 Å². The number of rotatable bonds is 7. The number of para-hydroxylation sites is 6. The van der Waals surface area contributed by atoms with Crippen molar-refractivity contribution in [3.63, 3.8) is 0 Å². The second-order valence-corrected chi connectivity index (χ2v) is 17.3. The summed E-state index contributed by atoms with van der Waals surface area (Å²) in [4.78, 5) is 0. The summed E-state index contributed by atoms with van der Waals surface area (Å²) in [5.41, 5.74) is 15.8. The van der Waals surface area contributed by atoms with Crippen LogP contribution < -0.4 is 0 Å². The summed E-state index contributed by atoms with van der Waals surface area (Å²) < 4.78 is 13.8. The summed E-state index contributed by atoms with van der Waals surface area (Å²) in [6, 6.07) is 84.1. The largest absolute Gasteiger partial charge is 0.455 e. The van der Waals surface area contributed by atoms with Crippen molar-refractivity contribution in [1.29, 1.82) is 0 Å². The van der Waals surface area contributed by atoms with Gasteiger partial charge < -0.3 is 13.6 Å². The smallest absolute Gasteiger partial charge is 0.168 e. The van der Waals surface area contributed by atoms with Crippen molar-refractivity contribution in [2.45, 2.75) is 0 Å². The number of furan rings is 1. The molecule has 0 N–H and O–H groups in total. The molecule has 0 aliphatic rings. The molecule has 14 aromatic rings. The first kappa shape index (κ1) is 38.1. The molecule has 0 fully saturated rings. The molecule has 6 nitrogen and oxygen atoms in total. The molecule has 14 rings (SSSR count). The van der Waals surface area contributed by atoms with Crippen molar-refractivity contribution in [3.8, 4) is 62.1 Å². The van der Waals surface area contributed by atoms with E-state index in [2.05, 4.69) is 232 Å². The molecular weight excluding hydrogens is 831 g/mol.